The average molecular weight is 355 g/mol. The molecule has 5 heteroatoms. The molecule has 0 N–H and O–H groups in total. The van der Waals surface area contributed by atoms with Crippen LogP contribution < -0.4 is 0 Å². The van der Waals surface area contributed by atoms with Crippen molar-refractivity contribution in [1.82, 2.24) is 0 Å². The van der Waals surface area contributed by atoms with Crippen molar-refractivity contribution in [2.45, 2.75) is 43.1 Å². The van der Waals surface area contributed by atoms with E-state index >= 15 is 0 Å². The first-order valence-corrected chi connectivity index (χ1v) is 10.3. The number of hydrogen-bond donors (Lipinski definition) is 0. The Morgan fingerprint density at radius 1 is 1.00 bits per heavy atom. The second kappa shape index (κ2) is 6.73. The van der Waals surface area contributed by atoms with E-state index in [9.17, 15) is 8.42 Å². The van der Waals surface area contributed by atoms with Gasteiger partial charge in [0.1, 0.15) is 5.75 Å². The number of nitrogens with zero attached hydrogens (tertiary/aromatic N) is 1. The predicted octanol–water partition coefficient (Wildman–Crippen LogP) is 3.67. The molecule has 0 saturated heterocycles. The molecule has 130 valence electrons. The van der Waals surface area contributed by atoms with Crippen LogP contribution in [0.1, 0.15) is 41.9 Å². The van der Waals surface area contributed by atoms with E-state index in [0.717, 1.165) is 24.0 Å². The molecule has 1 aliphatic heterocycles. The largest absolute Gasteiger partial charge is 0.289 e. The van der Waals surface area contributed by atoms with Crippen molar-refractivity contribution in [3.8, 4) is 0 Å². The molecule has 4 nitrogen and oxygen atoms in total. The number of benzene rings is 2. The molecule has 0 aromatic heterocycles. The van der Waals surface area contributed by atoms with Crippen molar-refractivity contribution in [2.75, 3.05) is 0 Å². The fourth-order valence-corrected chi connectivity index (χ4v) is 5.14. The molecule has 0 spiro atoms. The summed E-state index contributed by atoms with van der Waals surface area (Å²) in [6, 6.07) is 17.6. The van der Waals surface area contributed by atoms with E-state index in [0.29, 0.717) is 6.42 Å². The molecule has 25 heavy (non-hydrogen) atoms. The average Bonchev–Trinajstić information content (AvgIpc) is 2.61. The summed E-state index contributed by atoms with van der Waals surface area (Å²) in [7, 11) is -3.59. The molecule has 1 saturated carbocycles. The van der Waals surface area contributed by atoms with Crippen molar-refractivity contribution < 1.29 is 12.6 Å². The molecule has 1 fully saturated rings. The molecule has 1 aliphatic carbocycles. The summed E-state index contributed by atoms with van der Waals surface area (Å²) in [4.78, 5) is 4.66. The van der Waals surface area contributed by atoms with Gasteiger partial charge in [0.25, 0.3) is 10.1 Å². The lowest BCUT2D eigenvalue weighted by Gasteiger charge is -2.36. The van der Waals surface area contributed by atoms with Crippen LogP contribution in [0.2, 0.25) is 0 Å². The van der Waals surface area contributed by atoms with Gasteiger partial charge in [0, 0.05) is 12.1 Å². The molecule has 2 aromatic carbocycles. The zero-order valence-corrected chi connectivity index (χ0v) is 14.7. The molecule has 2 aliphatic rings. The van der Waals surface area contributed by atoms with Crippen LogP contribution in [0.25, 0.3) is 0 Å². The first kappa shape index (κ1) is 16.5. The number of aliphatic imine (C=N–C) groups is 1. The molecule has 0 amide bonds. The smallest absolute Gasteiger partial charge is 0.271 e. The second-order valence-electron chi connectivity index (χ2n) is 6.80. The highest BCUT2D eigenvalue weighted by Gasteiger charge is 2.36. The van der Waals surface area contributed by atoms with E-state index < -0.39 is 10.1 Å². The summed E-state index contributed by atoms with van der Waals surface area (Å²) in [5, 5.41) is 0. The maximum atomic E-state index is 12.4. The highest BCUT2D eigenvalue weighted by atomic mass is 32.2. The summed E-state index contributed by atoms with van der Waals surface area (Å²) in [5.41, 5.74) is 3.15. The molecule has 0 bridgehead atoms. The molecule has 2 aromatic rings. The van der Waals surface area contributed by atoms with Gasteiger partial charge >= 0.3 is 0 Å². The van der Waals surface area contributed by atoms with E-state index in [4.69, 9.17) is 4.18 Å². The Bertz CT molecular complexity index is 877. The Morgan fingerprint density at radius 2 is 1.76 bits per heavy atom. The lowest BCUT2D eigenvalue weighted by Crippen LogP contribution is -2.34. The van der Waals surface area contributed by atoms with Gasteiger partial charge in [0.15, 0.2) is 0 Å². The van der Waals surface area contributed by atoms with Crippen LogP contribution in [0.4, 0.5) is 0 Å². The molecule has 3 atom stereocenters. The van der Waals surface area contributed by atoms with Gasteiger partial charge in [0.2, 0.25) is 0 Å². The minimum absolute atomic E-state index is 0.0762. The Labute approximate surface area is 148 Å². The lowest BCUT2D eigenvalue weighted by molar-refractivity contribution is 0.140. The van der Waals surface area contributed by atoms with Gasteiger partial charge in [-0.1, -0.05) is 54.6 Å². The van der Waals surface area contributed by atoms with E-state index in [-0.39, 0.29) is 23.8 Å². The second-order valence-corrected chi connectivity index (χ2v) is 8.40. The Kier molecular flexibility index (Phi) is 4.44. The quantitative estimate of drug-likeness (QED) is 0.786. The topological polar surface area (TPSA) is 55.7 Å². The molecular formula is C20H21NO3S. The van der Waals surface area contributed by atoms with Crippen LogP contribution >= 0.6 is 0 Å². The van der Waals surface area contributed by atoms with Gasteiger partial charge in [-0.15, -0.1) is 0 Å². The zero-order valence-electron chi connectivity index (χ0n) is 13.9. The van der Waals surface area contributed by atoms with E-state index in [1.54, 1.807) is 0 Å². The summed E-state index contributed by atoms with van der Waals surface area (Å²) in [5.74, 6) is 0.166. The molecule has 0 radical (unpaired) electrons. The van der Waals surface area contributed by atoms with E-state index in [2.05, 4.69) is 17.1 Å². The van der Waals surface area contributed by atoms with E-state index in [1.807, 2.05) is 48.7 Å². The molecule has 1 heterocycles. The van der Waals surface area contributed by atoms with Gasteiger partial charge in [-0.25, -0.2) is 0 Å². The van der Waals surface area contributed by atoms with Crippen molar-refractivity contribution in [3.63, 3.8) is 0 Å². The van der Waals surface area contributed by atoms with Crippen LogP contribution in [0.5, 0.6) is 0 Å². The van der Waals surface area contributed by atoms with Crippen molar-refractivity contribution in [2.24, 2.45) is 4.99 Å². The van der Waals surface area contributed by atoms with Crippen LogP contribution in [0.15, 0.2) is 59.6 Å². The fourth-order valence-electron chi connectivity index (χ4n) is 3.88. The van der Waals surface area contributed by atoms with Gasteiger partial charge in [0.05, 0.1) is 12.1 Å². The third-order valence-corrected chi connectivity index (χ3v) is 6.29. The number of hydrogen-bond acceptors (Lipinski definition) is 4. The first-order valence-electron chi connectivity index (χ1n) is 8.68. The maximum absolute atomic E-state index is 12.4. The Hall–Kier alpha value is -1.98. The van der Waals surface area contributed by atoms with Gasteiger partial charge < -0.3 is 0 Å². The van der Waals surface area contributed by atoms with Gasteiger partial charge in [-0.3, -0.25) is 9.18 Å². The highest BCUT2D eigenvalue weighted by Crippen LogP contribution is 2.40. The zero-order chi connectivity index (χ0) is 17.3. The van der Waals surface area contributed by atoms with Gasteiger partial charge in [-0.05, 0) is 36.0 Å². The van der Waals surface area contributed by atoms with Crippen molar-refractivity contribution in [3.05, 3.63) is 71.3 Å². The summed E-state index contributed by atoms with van der Waals surface area (Å²) >= 11 is 0. The van der Waals surface area contributed by atoms with E-state index in [1.165, 1.54) is 5.56 Å². The monoisotopic (exact) mass is 355 g/mol. The molecular weight excluding hydrogens is 334 g/mol. The normalized spacial score (nSPS) is 25.2. The van der Waals surface area contributed by atoms with Crippen molar-refractivity contribution >= 4 is 16.3 Å². The highest BCUT2D eigenvalue weighted by molar-refractivity contribution is 7.85. The predicted molar refractivity (Wildman–Crippen MR) is 98.4 cm³/mol. The standard InChI is InChI=1S/C20H21NO3S/c22-25(23,14-15-6-2-1-3-7-15)24-17-10-11-20-19(12-17)18-9-5-4-8-16(18)13-21-20/h1-9,13,17,19-20H,10-12,14H2. The molecule has 4 rings (SSSR count). The minimum atomic E-state index is -3.59. The number of fused-ring (bicyclic) bond motifs is 3. The first-order chi connectivity index (χ1) is 12.1. The summed E-state index contributed by atoms with van der Waals surface area (Å²) in [6.45, 7) is 0. The number of rotatable bonds is 4. The Balaban J connectivity index is 1.47. The lowest BCUT2D eigenvalue weighted by atomic mass is 9.76. The molecule has 3 unspecified atom stereocenters. The van der Waals surface area contributed by atoms with Crippen LogP contribution in [0.3, 0.4) is 0 Å². The van der Waals surface area contributed by atoms with Gasteiger partial charge in [-0.2, -0.15) is 8.42 Å². The Morgan fingerprint density at radius 3 is 2.60 bits per heavy atom. The van der Waals surface area contributed by atoms with Crippen LogP contribution in [-0.2, 0) is 20.1 Å². The summed E-state index contributed by atoms with van der Waals surface area (Å²) < 4.78 is 30.4. The third-order valence-electron chi connectivity index (χ3n) is 5.04. The third kappa shape index (κ3) is 3.67. The maximum Gasteiger partial charge on any atom is 0.271 e. The SMILES string of the molecule is O=S(=O)(Cc1ccccc1)OC1CCC2N=Cc3ccccc3C2C1. The fraction of sp³-hybridized carbons (Fsp3) is 0.350. The van der Waals surface area contributed by atoms with Crippen molar-refractivity contribution in [1.29, 1.82) is 0 Å². The summed E-state index contributed by atoms with van der Waals surface area (Å²) in [6.07, 6.45) is 3.98. The van der Waals surface area contributed by atoms with Crippen LogP contribution in [-0.4, -0.2) is 26.8 Å². The van der Waals surface area contributed by atoms with Crippen LogP contribution in [0, 0.1) is 0 Å². The minimum Gasteiger partial charge on any atom is -0.289 e.